The largest absolute Gasteiger partial charge is 0.396 e. The van der Waals surface area contributed by atoms with Crippen LogP contribution in [0.15, 0.2) is 51.7 Å². The van der Waals surface area contributed by atoms with Gasteiger partial charge in [-0.25, -0.2) is 9.98 Å². The number of rotatable bonds is 5. The summed E-state index contributed by atoms with van der Waals surface area (Å²) in [7, 11) is 0. The molecule has 2 aliphatic rings. The van der Waals surface area contributed by atoms with Gasteiger partial charge in [-0.2, -0.15) is 0 Å². The smallest absolute Gasteiger partial charge is 0.134 e. The Morgan fingerprint density at radius 2 is 2.08 bits per heavy atom. The molecule has 0 aromatic heterocycles. The fourth-order valence-electron chi connectivity index (χ4n) is 3.72. The molecule has 0 saturated carbocycles. The molecule has 2 N–H and O–H groups in total. The van der Waals surface area contributed by atoms with Crippen molar-refractivity contribution in [1.82, 2.24) is 10.2 Å². The van der Waals surface area contributed by atoms with Gasteiger partial charge in [0.25, 0.3) is 0 Å². The molecular formula is C21H30N4O. The molecule has 2 fully saturated rings. The molecule has 0 spiro atoms. The Balaban J connectivity index is 1.88. The van der Waals surface area contributed by atoms with Crippen LogP contribution in [0.3, 0.4) is 0 Å². The predicted octanol–water partition coefficient (Wildman–Crippen LogP) is 2.63. The number of hydrogen-bond acceptors (Lipinski definition) is 4. The van der Waals surface area contributed by atoms with E-state index in [1.807, 2.05) is 18.2 Å². The molecule has 3 rings (SSSR count). The zero-order chi connectivity index (χ0) is 18.2. The molecule has 0 aliphatic carbocycles. The van der Waals surface area contributed by atoms with Gasteiger partial charge in [-0.05, 0) is 56.6 Å². The van der Waals surface area contributed by atoms with Crippen LogP contribution in [-0.2, 0) is 6.42 Å². The molecule has 0 radical (unpaired) electrons. The van der Waals surface area contributed by atoms with Gasteiger partial charge < -0.3 is 15.3 Å². The van der Waals surface area contributed by atoms with Crippen molar-refractivity contribution >= 4 is 12.6 Å². The summed E-state index contributed by atoms with van der Waals surface area (Å²) in [4.78, 5) is 11.6. The Bertz CT molecular complexity index is 643. The van der Waals surface area contributed by atoms with E-state index in [4.69, 9.17) is 4.99 Å². The topological polar surface area (TPSA) is 60.2 Å². The van der Waals surface area contributed by atoms with Gasteiger partial charge in [0.05, 0.1) is 0 Å². The molecule has 1 aromatic carbocycles. The van der Waals surface area contributed by atoms with Gasteiger partial charge in [-0.15, -0.1) is 0 Å². The first kappa shape index (κ1) is 18.8. The Labute approximate surface area is 156 Å². The van der Waals surface area contributed by atoms with E-state index in [9.17, 15) is 5.11 Å². The summed E-state index contributed by atoms with van der Waals surface area (Å²) >= 11 is 0. The first-order valence-electron chi connectivity index (χ1n) is 9.67. The molecular weight excluding hydrogens is 324 g/mol. The van der Waals surface area contributed by atoms with Crippen molar-refractivity contribution in [3.8, 4) is 0 Å². The van der Waals surface area contributed by atoms with E-state index in [1.165, 1.54) is 11.1 Å². The number of hydrogen-bond donors (Lipinski definition) is 2. The highest BCUT2D eigenvalue weighted by molar-refractivity contribution is 5.88. The first-order chi connectivity index (χ1) is 12.8. The molecule has 140 valence electrons. The maximum Gasteiger partial charge on any atom is 0.134 e. The Morgan fingerprint density at radius 3 is 2.81 bits per heavy atom. The van der Waals surface area contributed by atoms with Crippen LogP contribution in [0.1, 0.15) is 31.2 Å². The van der Waals surface area contributed by atoms with Crippen LogP contribution < -0.4 is 5.32 Å². The second-order valence-electron chi connectivity index (χ2n) is 7.16. The number of nitrogens with one attached hydrogen (secondary N) is 1. The quantitative estimate of drug-likeness (QED) is 0.631. The summed E-state index contributed by atoms with van der Waals surface area (Å²) < 4.78 is 0. The van der Waals surface area contributed by atoms with E-state index in [0.717, 1.165) is 63.5 Å². The van der Waals surface area contributed by atoms with Crippen molar-refractivity contribution in [2.24, 2.45) is 15.9 Å². The molecule has 0 bridgehead atoms. The van der Waals surface area contributed by atoms with Gasteiger partial charge in [0, 0.05) is 32.0 Å². The van der Waals surface area contributed by atoms with Crippen LogP contribution in [0.4, 0.5) is 0 Å². The molecule has 0 amide bonds. The Hall–Kier alpha value is -1.98. The van der Waals surface area contributed by atoms with Crippen LogP contribution in [-0.4, -0.2) is 55.3 Å². The lowest BCUT2D eigenvalue weighted by molar-refractivity contribution is 0.228. The van der Waals surface area contributed by atoms with E-state index in [0.29, 0.717) is 12.3 Å². The molecule has 1 aromatic rings. The number of amidine groups is 1. The Kier molecular flexibility index (Phi) is 6.97. The average Bonchev–Trinajstić information content (AvgIpc) is 3.00. The number of aliphatic hydroxyl groups excluding tert-OH is 1. The number of nitrogens with zero attached hydrogens (tertiary/aromatic N) is 3. The van der Waals surface area contributed by atoms with Gasteiger partial charge in [0.1, 0.15) is 11.7 Å². The number of aliphatic imine (C=N–C) groups is 2. The third-order valence-electron chi connectivity index (χ3n) is 5.22. The molecule has 1 unspecified atom stereocenters. The summed E-state index contributed by atoms with van der Waals surface area (Å²) in [6, 6.07) is 10.3. The fourth-order valence-corrected chi connectivity index (χ4v) is 3.72. The summed E-state index contributed by atoms with van der Waals surface area (Å²) in [5, 5.41) is 13.0. The van der Waals surface area contributed by atoms with Crippen molar-refractivity contribution in [2.45, 2.75) is 32.1 Å². The van der Waals surface area contributed by atoms with Crippen molar-refractivity contribution in [3.05, 3.63) is 47.3 Å². The minimum atomic E-state index is 0.251. The predicted molar refractivity (Wildman–Crippen MR) is 108 cm³/mol. The zero-order valence-corrected chi connectivity index (χ0v) is 15.5. The van der Waals surface area contributed by atoms with Crippen LogP contribution in [0, 0.1) is 5.92 Å². The average molecular weight is 354 g/mol. The van der Waals surface area contributed by atoms with E-state index >= 15 is 0 Å². The number of likely N-dealkylation sites (tertiary alicyclic amines) is 1. The first-order valence-corrected chi connectivity index (χ1v) is 9.67. The van der Waals surface area contributed by atoms with E-state index in [1.54, 1.807) is 0 Å². The van der Waals surface area contributed by atoms with Gasteiger partial charge in [-0.3, -0.25) is 0 Å². The van der Waals surface area contributed by atoms with E-state index in [2.05, 4.69) is 34.1 Å². The second kappa shape index (κ2) is 9.64. The maximum absolute atomic E-state index is 9.53. The fraction of sp³-hybridized carbons (Fsp3) is 0.524. The van der Waals surface area contributed by atoms with Crippen molar-refractivity contribution < 1.29 is 5.11 Å². The molecule has 2 aliphatic heterocycles. The molecule has 2 saturated heterocycles. The highest BCUT2D eigenvalue weighted by Crippen LogP contribution is 2.27. The molecule has 5 nitrogen and oxygen atoms in total. The Morgan fingerprint density at radius 1 is 1.23 bits per heavy atom. The van der Waals surface area contributed by atoms with Crippen LogP contribution >= 0.6 is 0 Å². The van der Waals surface area contributed by atoms with Gasteiger partial charge in [0.15, 0.2) is 0 Å². The monoisotopic (exact) mass is 354 g/mol. The summed E-state index contributed by atoms with van der Waals surface area (Å²) in [5.41, 5.74) is 2.60. The van der Waals surface area contributed by atoms with E-state index < -0.39 is 0 Å². The molecule has 2 heterocycles. The number of benzene rings is 1. The van der Waals surface area contributed by atoms with Crippen LogP contribution in [0.5, 0.6) is 0 Å². The SMILES string of the molecule is C=N/C(Cc1ccccc1)=N\C(=C1/CCCNCC1)N1CCC(CO)C1. The summed E-state index contributed by atoms with van der Waals surface area (Å²) in [6.45, 7) is 7.91. The lowest BCUT2D eigenvalue weighted by atomic mass is 10.1. The standard InChI is InChI=1S/C21H30N4O/c1-22-20(14-17-6-3-2-4-7-17)24-21(19-8-5-11-23-12-9-19)25-13-10-18(15-25)16-26/h2-4,6-7,18,23,26H,1,5,8-16H2/b21-19-,24-20-. The van der Waals surface area contributed by atoms with Crippen LogP contribution in [0.25, 0.3) is 0 Å². The van der Waals surface area contributed by atoms with Crippen molar-refractivity contribution in [1.29, 1.82) is 0 Å². The third kappa shape index (κ3) is 5.02. The highest BCUT2D eigenvalue weighted by atomic mass is 16.3. The normalized spacial score (nSPS) is 23.7. The third-order valence-corrected chi connectivity index (χ3v) is 5.22. The highest BCUT2D eigenvalue weighted by Gasteiger charge is 2.26. The molecule has 1 atom stereocenters. The summed E-state index contributed by atoms with van der Waals surface area (Å²) in [5.74, 6) is 2.19. The second-order valence-corrected chi connectivity index (χ2v) is 7.16. The minimum Gasteiger partial charge on any atom is -0.396 e. The molecule has 26 heavy (non-hydrogen) atoms. The zero-order valence-electron chi connectivity index (χ0n) is 15.5. The van der Waals surface area contributed by atoms with E-state index in [-0.39, 0.29) is 6.61 Å². The minimum absolute atomic E-state index is 0.251. The van der Waals surface area contributed by atoms with Gasteiger partial charge in [-0.1, -0.05) is 30.3 Å². The summed E-state index contributed by atoms with van der Waals surface area (Å²) in [6.07, 6.45) is 4.95. The lowest BCUT2D eigenvalue weighted by Crippen LogP contribution is -2.23. The van der Waals surface area contributed by atoms with Crippen molar-refractivity contribution in [3.63, 3.8) is 0 Å². The van der Waals surface area contributed by atoms with Crippen LogP contribution in [0.2, 0.25) is 0 Å². The van der Waals surface area contributed by atoms with Crippen molar-refractivity contribution in [2.75, 3.05) is 32.8 Å². The number of aliphatic hydroxyl groups is 1. The maximum atomic E-state index is 9.53. The lowest BCUT2D eigenvalue weighted by Gasteiger charge is -2.23. The van der Waals surface area contributed by atoms with Gasteiger partial charge >= 0.3 is 0 Å². The molecule has 5 heteroatoms. The van der Waals surface area contributed by atoms with Gasteiger partial charge in [0.2, 0.25) is 0 Å².